The summed E-state index contributed by atoms with van der Waals surface area (Å²) in [6, 6.07) is 0. The molecule has 0 heterocycles. The maximum atomic E-state index is 4.10. The molecule has 0 spiro atoms. The third-order valence-electron chi connectivity index (χ3n) is 2.25. The molecule has 15 heavy (non-hydrogen) atoms. The van der Waals surface area contributed by atoms with Crippen LogP contribution in [0.15, 0.2) is 23.1 Å². The highest BCUT2D eigenvalue weighted by molar-refractivity contribution is 8.03. The fourth-order valence-corrected chi connectivity index (χ4v) is 1.69. The van der Waals surface area contributed by atoms with Crippen molar-refractivity contribution in [3.63, 3.8) is 0 Å². The quantitative estimate of drug-likeness (QED) is 0.591. The first-order chi connectivity index (χ1) is 6.52. The van der Waals surface area contributed by atoms with Crippen LogP contribution in [0.3, 0.4) is 0 Å². The molecule has 0 aromatic rings. The molecule has 1 heteroatoms. The van der Waals surface area contributed by atoms with Crippen molar-refractivity contribution in [1.29, 1.82) is 0 Å². The zero-order valence-corrected chi connectivity index (χ0v) is 12.2. The third kappa shape index (κ3) is 7.72. The van der Waals surface area contributed by atoms with Gasteiger partial charge in [-0.05, 0) is 28.7 Å². The second kappa shape index (κ2) is 5.25. The summed E-state index contributed by atoms with van der Waals surface area (Å²) in [6.07, 6.45) is 2.22. The van der Waals surface area contributed by atoms with E-state index in [9.17, 15) is 0 Å². The summed E-state index contributed by atoms with van der Waals surface area (Å²) < 4.78 is 0. The van der Waals surface area contributed by atoms with E-state index < -0.39 is 0 Å². The number of hydrogen-bond acceptors (Lipinski definition) is 1. The molecule has 0 aliphatic rings. The predicted octanol–water partition coefficient (Wildman–Crippen LogP) is 5.27. The molecule has 0 radical (unpaired) electrons. The van der Waals surface area contributed by atoms with Crippen molar-refractivity contribution >= 4 is 11.8 Å². The Morgan fingerprint density at radius 1 is 1.13 bits per heavy atom. The summed E-state index contributed by atoms with van der Waals surface area (Å²) in [5.41, 5.74) is 2.02. The van der Waals surface area contributed by atoms with Gasteiger partial charge in [-0.1, -0.05) is 53.7 Å². The summed E-state index contributed by atoms with van der Waals surface area (Å²) in [6.45, 7) is 19.8. The van der Waals surface area contributed by atoms with Crippen molar-refractivity contribution in [3.05, 3.63) is 23.1 Å². The van der Waals surface area contributed by atoms with E-state index in [4.69, 9.17) is 0 Å². The Hall–Kier alpha value is -0.170. The monoisotopic (exact) mass is 226 g/mol. The lowest BCUT2D eigenvalue weighted by atomic mass is 9.87. The van der Waals surface area contributed by atoms with Crippen molar-refractivity contribution in [2.45, 2.75) is 48.5 Å². The maximum Gasteiger partial charge on any atom is 0.00286 e. The van der Waals surface area contributed by atoms with Crippen LogP contribution < -0.4 is 0 Å². The van der Waals surface area contributed by atoms with Gasteiger partial charge in [-0.25, -0.2) is 0 Å². The average molecular weight is 226 g/mol. The fraction of sp³-hybridized carbons (Fsp3) is 0.714. The normalized spacial score (nSPS) is 14.2. The molecule has 0 rings (SSSR count). The van der Waals surface area contributed by atoms with Gasteiger partial charge in [-0.3, -0.25) is 0 Å². The Kier molecular flexibility index (Phi) is 5.19. The summed E-state index contributed by atoms with van der Waals surface area (Å²) in [7, 11) is 0. The van der Waals surface area contributed by atoms with Crippen LogP contribution >= 0.6 is 11.8 Å². The van der Waals surface area contributed by atoms with E-state index in [0.29, 0.717) is 5.41 Å². The summed E-state index contributed by atoms with van der Waals surface area (Å²) in [5, 5.41) is 0. The van der Waals surface area contributed by atoms with Gasteiger partial charge in [0.2, 0.25) is 0 Å². The van der Waals surface area contributed by atoms with E-state index >= 15 is 0 Å². The lowest BCUT2D eigenvalue weighted by Gasteiger charge is -2.21. The number of rotatable bonds is 3. The van der Waals surface area contributed by atoms with Crippen LogP contribution in [-0.2, 0) is 0 Å². The standard InChI is InChI=1S/C14H26S/c1-11(14(6,7)8)9-12(2)15-10-13(3,4)5/h9H,2,10H2,1,3-8H3/b11-9+. The Morgan fingerprint density at radius 3 is 1.93 bits per heavy atom. The lowest BCUT2D eigenvalue weighted by Crippen LogP contribution is -2.09. The highest BCUT2D eigenvalue weighted by Gasteiger charge is 2.14. The molecule has 0 aliphatic carbocycles. The molecule has 0 aromatic carbocycles. The van der Waals surface area contributed by atoms with Gasteiger partial charge in [0.05, 0.1) is 0 Å². The van der Waals surface area contributed by atoms with Gasteiger partial charge in [0.15, 0.2) is 0 Å². The van der Waals surface area contributed by atoms with Crippen LogP contribution in [0.4, 0.5) is 0 Å². The first-order valence-electron chi connectivity index (χ1n) is 5.53. The number of hydrogen-bond donors (Lipinski definition) is 0. The number of allylic oxidation sites excluding steroid dienone is 2. The van der Waals surface area contributed by atoms with Crippen LogP contribution in [0.5, 0.6) is 0 Å². The zero-order valence-electron chi connectivity index (χ0n) is 11.4. The molecular weight excluding hydrogens is 200 g/mol. The molecule has 88 valence electrons. The van der Waals surface area contributed by atoms with Gasteiger partial charge >= 0.3 is 0 Å². The molecule has 0 aromatic heterocycles. The van der Waals surface area contributed by atoms with Crippen molar-refractivity contribution in [1.82, 2.24) is 0 Å². The molecule has 0 unspecified atom stereocenters. The minimum atomic E-state index is 0.255. The molecular formula is C14H26S. The van der Waals surface area contributed by atoms with E-state index in [0.717, 1.165) is 5.75 Å². The Morgan fingerprint density at radius 2 is 1.60 bits per heavy atom. The smallest absolute Gasteiger partial charge is 0.00286 e. The van der Waals surface area contributed by atoms with Gasteiger partial charge in [0.25, 0.3) is 0 Å². The largest absolute Gasteiger partial charge is 0.126 e. The Bertz CT molecular complexity index is 245. The molecule has 0 bridgehead atoms. The molecule has 0 saturated heterocycles. The van der Waals surface area contributed by atoms with E-state index in [2.05, 4.69) is 61.1 Å². The van der Waals surface area contributed by atoms with E-state index in [1.165, 1.54) is 10.5 Å². The van der Waals surface area contributed by atoms with Crippen LogP contribution in [0.1, 0.15) is 48.5 Å². The van der Waals surface area contributed by atoms with Gasteiger partial charge in [-0.15, -0.1) is 11.8 Å². The fourth-order valence-electron chi connectivity index (χ4n) is 0.809. The second-order valence-corrected chi connectivity index (χ2v) is 7.49. The maximum absolute atomic E-state index is 4.10. The Labute approximate surface area is 100 Å². The van der Waals surface area contributed by atoms with Gasteiger partial charge in [0, 0.05) is 5.75 Å². The van der Waals surface area contributed by atoms with Gasteiger partial charge in [0.1, 0.15) is 0 Å². The molecule has 0 N–H and O–H groups in total. The SMILES string of the molecule is C=C(/C=C(\C)C(C)(C)C)SCC(C)(C)C. The minimum Gasteiger partial charge on any atom is -0.126 e. The van der Waals surface area contributed by atoms with Gasteiger partial charge in [-0.2, -0.15) is 0 Å². The van der Waals surface area contributed by atoms with Crippen LogP contribution in [-0.4, -0.2) is 5.75 Å². The molecule has 0 nitrogen and oxygen atoms in total. The van der Waals surface area contributed by atoms with Crippen LogP contribution in [0.25, 0.3) is 0 Å². The zero-order chi connectivity index (χ0) is 12.3. The minimum absolute atomic E-state index is 0.255. The van der Waals surface area contributed by atoms with Gasteiger partial charge < -0.3 is 0 Å². The molecule has 0 atom stereocenters. The molecule has 0 amide bonds. The first kappa shape index (κ1) is 14.8. The molecule has 0 fully saturated rings. The molecule has 0 saturated carbocycles. The highest BCUT2D eigenvalue weighted by Crippen LogP contribution is 2.30. The summed E-state index contributed by atoms with van der Waals surface area (Å²) in [5.74, 6) is 1.12. The first-order valence-corrected chi connectivity index (χ1v) is 6.51. The highest BCUT2D eigenvalue weighted by atomic mass is 32.2. The topological polar surface area (TPSA) is 0 Å². The lowest BCUT2D eigenvalue weighted by molar-refractivity contribution is 0.481. The van der Waals surface area contributed by atoms with Crippen molar-refractivity contribution in [2.75, 3.05) is 5.75 Å². The third-order valence-corrected chi connectivity index (χ3v) is 3.75. The van der Waals surface area contributed by atoms with Crippen molar-refractivity contribution in [2.24, 2.45) is 10.8 Å². The molecule has 0 aliphatic heterocycles. The van der Waals surface area contributed by atoms with E-state index in [-0.39, 0.29) is 5.41 Å². The summed E-state index contributed by atoms with van der Waals surface area (Å²) in [4.78, 5) is 1.18. The predicted molar refractivity (Wildman–Crippen MR) is 74.3 cm³/mol. The summed E-state index contributed by atoms with van der Waals surface area (Å²) >= 11 is 1.86. The second-order valence-electron chi connectivity index (χ2n) is 6.39. The Balaban J connectivity index is 4.27. The van der Waals surface area contributed by atoms with Crippen LogP contribution in [0, 0.1) is 10.8 Å². The number of thioether (sulfide) groups is 1. The van der Waals surface area contributed by atoms with Crippen molar-refractivity contribution in [3.8, 4) is 0 Å². The van der Waals surface area contributed by atoms with E-state index in [1.807, 2.05) is 11.8 Å². The van der Waals surface area contributed by atoms with Crippen LogP contribution in [0.2, 0.25) is 0 Å². The van der Waals surface area contributed by atoms with Crippen molar-refractivity contribution < 1.29 is 0 Å². The average Bonchev–Trinajstić information content (AvgIpc) is 1.97. The van der Waals surface area contributed by atoms with E-state index in [1.54, 1.807) is 0 Å².